The Kier molecular flexibility index (Phi) is 4.96. The molecule has 0 fully saturated rings. The molecule has 2 unspecified atom stereocenters. The molecule has 0 saturated heterocycles. The van der Waals surface area contributed by atoms with Crippen molar-refractivity contribution < 1.29 is 4.79 Å². The number of rotatable bonds is 4. The summed E-state index contributed by atoms with van der Waals surface area (Å²) < 4.78 is 1.05. The van der Waals surface area contributed by atoms with Crippen LogP contribution in [-0.4, -0.2) is 19.0 Å². The summed E-state index contributed by atoms with van der Waals surface area (Å²) >= 11 is 3.43. The second kappa shape index (κ2) is 6.01. The van der Waals surface area contributed by atoms with Gasteiger partial charge in [0.1, 0.15) is 0 Å². The Labute approximate surface area is 105 Å². The summed E-state index contributed by atoms with van der Waals surface area (Å²) in [5.74, 6) is 0.00171. The average molecular weight is 285 g/mol. The van der Waals surface area contributed by atoms with Crippen LogP contribution in [0.1, 0.15) is 25.5 Å². The molecule has 3 nitrogen and oxygen atoms in total. The minimum absolute atomic E-state index is 0.00171. The highest BCUT2D eigenvalue weighted by molar-refractivity contribution is 9.10. The van der Waals surface area contributed by atoms with Crippen LogP contribution >= 0.6 is 15.9 Å². The van der Waals surface area contributed by atoms with Crippen molar-refractivity contribution in [2.75, 3.05) is 7.05 Å². The monoisotopic (exact) mass is 284 g/mol. The van der Waals surface area contributed by atoms with E-state index < -0.39 is 0 Å². The molecule has 0 saturated carbocycles. The van der Waals surface area contributed by atoms with Gasteiger partial charge in [-0.15, -0.1) is 0 Å². The standard InChI is InChI=1S/C12H17BrN2O/c1-8(15-9(2)12(16)14-3)10-5-4-6-11(13)7-10/h4-9,15H,1-3H3,(H,14,16). The molecule has 0 radical (unpaired) electrons. The van der Waals surface area contributed by atoms with Gasteiger partial charge in [-0.3, -0.25) is 10.1 Å². The number of hydrogen-bond acceptors (Lipinski definition) is 2. The summed E-state index contributed by atoms with van der Waals surface area (Å²) in [6.07, 6.45) is 0. The van der Waals surface area contributed by atoms with E-state index in [4.69, 9.17) is 0 Å². The molecule has 1 aromatic carbocycles. The van der Waals surface area contributed by atoms with E-state index in [-0.39, 0.29) is 18.0 Å². The van der Waals surface area contributed by atoms with Gasteiger partial charge in [-0.1, -0.05) is 28.1 Å². The number of benzene rings is 1. The molecular formula is C12H17BrN2O. The summed E-state index contributed by atoms with van der Waals surface area (Å²) in [7, 11) is 1.64. The van der Waals surface area contributed by atoms with Crippen molar-refractivity contribution in [1.29, 1.82) is 0 Å². The Balaban J connectivity index is 2.65. The summed E-state index contributed by atoms with van der Waals surface area (Å²) in [4.78, 5) is 11.4. The van der Waals surface area contributed by atoms with Crippen LogP contribution in [-0.2, 0) is 4.79 Å². The van der Waals surface area contributed by atoms with Crippen molar-refractivity contribution in [3.05, 3.63) is 34.3 Å². The van der Waals surface area contributed by atoms with Gasteiger partial charge in [0.25, 0.3) is 0 Å². The van der Waals surface area contributed by atoms with Crippen LogP contribution in [0.4, 0.5) is 0 Å². The van der Waals surface area contributed by atoms with Gasteiger partial charge in [-0.2, -0.15) is 0 Å². The van der Waals surface area contributed by atoms with Gasteiger partial charge in [0.15, 0.2) is 0 Å². The van der Waals surface area contributed by atoms with Crippen LogP contribution in [0.2, 0.25) is 0 Å². The van der Waals surface area contributed by atoms with E-state index in [2.05, 4.69) is 26.6 Å². The summed E-state index contributed by atoms with van der Waals surface area (Å²) in [6, 6.07) is 8.01. The van der Waals surface area contributed by atoms with Gasteiger partial charge in [0.2, 0.25) is 5.91 Å². The lowest BCUT2D eigenvalue weighted by Gasteiger charge is -2.19. The van der Waals surface area contributed by atoms with Gasteiger partial charge < -0.3 is 5.32 Å². The topological polar surface area (TPSA) is 41.1 Å². The molecule has 4 heteroatoms. The minimum Gasteiger partial charge on any atom is -0.358 e. The SMILES string of the molecule is CNC(=O)C(C)NC(C)c1cccc(Br)c1. The minimum atomic E-state index is -0.195. The molecule has 0 aromatic heterocycles. The van der Waals surface area contributed by atoms with E-state index in [0.717, 1.165) is 10.0 Å². The van der Waals surface area contributed by atoms with Crippen molar-refractivity contribution in [3.8, 4) is 0 Å². The quantitative estimate of drug-likeness (QED) is 0.890. The van der Waals surface area contributed by atoms with Gasteiger partial charge in [0.05, 0.1) is 6.04 Å². The van der Waals surface area contributed by atoms with Crippen molar-refractivity contribution in [1.82, 2.24) is 10.6 Å². The van der Waals surface area contributed by atoms with Crippen molar-refractivity contribution in [2.45, 2.75) is 25.9 Å². The molecule has 88 valence electrons. The highest BCUT2D eigenvalue weighted by atomic mass is 79.9. The fraction of sp³-hybridized carbons (Fsp3) is 0.417. The van der Waals surface area contributed by atoms with Gasteiger partial charge in [-0.25, -0.2) is 0 Å². The predicted octanol–water partition coefficient (Wildman–Crippen LogP) is 2.23. The number of nitrogens with one attached hydrogen (secondary N) is 2. The largest absolute Gasteiger partial charge is 0.358 e. The normalized spacial score (nSPS) is 14.2. The lowest BCUT2D eigenvalue weighted by atomic mass is 10.1. The van der Waals surface area contributed by atoms with Gasteiger partial charge in [-0.05, 0) is 31.5 Å². The average Bonchev–Trinajstić information content (AvgIpc) is 2.27. The predicted molar refractivity (Wildman–Crippen MR) is 69.2 cm³/mol. The molecule has 2 atom stereocenters. The van der Waals surface area contributed by atoms with E-state index in [9.17, 15) is 4.79 Å². The summed E-state index contributed by atoms with van der Waals surface area (Å²) in [5.41, 5.74) is 1.16. The van der Waals surface area contributed by atoms with E-state index in [1.807, 2.05) is 38.1 Å². The van der Waals surface area contributed by atoms with Gasteiger partial charge in [0, 0.05) is 17.6 Å². The summed E-state index contributed by atoms with van der Waals surface area (Å²) in [5, 5.41) is 5.86. The maximum absolute atomic E-state index is 11.4. The third-order valence-electron chi connectivity index (χ3n) is 2.49. The lowest BCUT2D eigenvalue weighted by molar-refractivity contribution is -0.122. The third-order valence-corrected chi connectivity index (χ3v) is 2.98. The molecule has 0 heterocycles. The number of amides is 1. The van der Waals surface area contributed by atoms with Crippen LogP contribution < -0.4 is 10.6 Å². The first-order valence-corrected chi connectivity index (χ1v) is 6.07. The maximum Gasteiger partial charge on any atom is 0.236 e. The molecule has 2 N–H and O–H groups in total. The summed E-state index contributed by atoms with van der Waals surface area (Å²) in [6.45, 7) is 3.90. The molecule has 1 aromatic rings. The Morgan fingerprint density at radius 1 is 1.38 bits per heavy atom. The number of hydrogen-bond donors (Lipinski definition) is 2. The second-order valence-electron chi connectivity index (χ2n) is 3.78. The Bertz CT molecular complexity index is 368. The fourth-order valence-corrected chi connectivity index (χ4v) is 1.96. The van der Waals surface area contributed by atoms with Crippen LogP contribution in [0.25, 0.3) is 0 Å². The fourth-order valence-electron chi connectivity index (χ4n) is 1.54. The number of carbonyl (C=O) groups excluding carboxylic acids is 1. The Morgan fingerprint density at radius 3 is 2.62 bits per heavy atom. The smallest absolute Gasteiger partial charge is 0.236 e. The van der Waals surface area contributed by atoms with E-state index in [1.165, 1.54) is 0 Å². The molecule has 0 aliphatic rings. The molecule has 0 aliphatic heterocycles. The van der Waals surface area contributed by atoms with Crippen LogP contribution in [0.3, 0.4) is 0 Å². The first-order valence-electron chi connectivity index (χ1n) is 5.27. The molecule has 0 spiro atoms. The second-order valence-corrected chi connectivity index (χ2v) is 4.69. The molecule has 0 bridgehead atoms. The van der Waals surface area contributed by atoms with E-state index >= 15 is 0 Å². The Hall–Kier alpha value is -0.870. The van der Waals surface area contributed by atoms with Crippen molar-refractivity contribution >= 4 is 21.8 Å². The number of likely N-dealkylation sites (N-methyl/N-ethyl adjacent to an activating group) is 1. The van der Waals surface area contributed by atoms with Crippen molar-refractivity contribution in [3.63, 3.8) is 0 Å². The number of carbonyl (C=O) groups is 1. The molecule has 1 rings (SSSR count). The lowest BCUT2D eigenvalue weighted by Crippen LogP contribution is -2.41. The zero-order valence-corrected chi connectivity index (χ0v) is 11.3. The highest BCUT2D eigenvalue weighted by Crippen LogP contribution is 2.18. The molecule has 1 amide bonds. The van der Waals surface area contributed by atoms with Crippen LogP contribution in [0.15, 0.2) is 28.7 Å². The molecule has 16 heavy (non-hydrogen) atoms. The van der Waals surface area contributed by atoms with Crippen LogP contribution in [0, 0.1) is 0 Å². The molecule has 0 aliphatic carbocycles. The van der Waals surface area contributed by atoms with E-state index in [1.54, 1.807) is 7.05 Å². The first-order chi connectivity index (χ1) is 7.54. The Morgan fingerprint density at radius 2 is 2.06 bits per heavy atom. The molecular weight excluding hydrogens is 268 g/mol. The number of halogens is 1. The zero-order valence-electron chi connectivity index (χ0n) is 9.75. The van der Waals surface area contributed by atoms with Crippen LogP contribution in [0.5, 0.6) is 0 Å². The third kappa shape index (κ3) is 3.61. The van der Waals surface area contributed by atoms with E-state index in [0.29, 0.717) is 0 Å². The van der Waals surface area contributed by atoms with Gasteiger partial charge >= 0.3 is 0 Å². The zero-order chi connectivity index (χ0) is 12.1. The van der Waals surface area contributed by atoms with Crippen molar-refractivity contribution in [2.24, 2.45) is 0 Å². The maximum atomic E-state index is 11.4. The highest BCUT2D eigenvalue weighted by Gasteiger charge is 2.14. The first kappa shape index (κ1) is 13.2.